The molecule has 2 amide bonds. The van der Waals surface area contributed by atoms with Gasteiger partial charge in [0.25, 0.3) is 0 Å². The van der Waals surface area contributed by atoms with Crippen LogP contribution >= 0.6 is 0 Å². The molecule has 2 fully saturated rings. The molecule has 2 aromatic carbocycles. The van der Waals surface area contributed by atoms with Gasteiger partial charge in [0.1, 0.15) is 18.4 Å². The Kier molecular flexibility index (Phi) is 6.00. The smallest absolute Gasteiger partial charge is 0.246 e. The Hall–Kier alpha value is -3.91. The van der Waals surface area contributed by atoms with E-state index in [0.717, 1.165) is 60.5 Å². The van der Waals surface area contributed by atoms with Crippen LogP contribution in [0.25, 0.3) is 10.9 Å². The maximum atomic E-state index is 14.1. The van der Waals surface area contributed by atoms with Crippen molar-refractivity contribution in [1.82, 2.24) is 29.2 Å². The minimum Gasteiger partial charge on any atom is -0.356 e. The van der Waals surface area contributed by atoms with Crippen LogP contribution in [0.4, 0.5) is 0 Å². The molecule has 200 valence electrons. The largest absolute Gasteiger partial charge is 0.356 e. The molecule has 0 bridgehead atoms. The van der Waals surface area contributed by atoms with Crippen molar-refractivity contribution in [3.05, 3.63) is 89.6 Å². The van der Waals surface area contributed by atoms with Crippen LogP contribution in [0.5, 0.6) is 0 Å². The Morgan fingerprint density at radius 1 is 1.00 bits per heavy atom. The Bertz CT molecular complexity index is 1520. The number of hydrogen-bond donors (Lipinski definition) is 1. The SMILES string of the molecule is Cn1ccnc1CN1CCC(N2CC(=O)N3[C@H](Cc4c([nH]c5ccccc45)[C@H]3Cc3ccccc3)C2=O)CC1. The fraction of sp³-hybridized carbons (Fsp3) is 0.387. The summed E-state index contributed by atoms with van der Waals surface area (Å²) in [7, 11) is 2.02. The molecule has 7 rings (SSSR count). The summed E-state index contributed by atoms with van der Waals surface area (Å²) in [6.07, 6.45) is 6.80. The number of hydrogen-bond acceptors (Lipinski definition) is 4. The highest BCUT2D eigenvalue weighted by atomic mass is 16.2. The first kappa shape index (κ1) is 24.2. The monoisotopic (exact) mass is 522 g/mol. The summed E-state index contributed by atoms with van der Waals surface area (Å²) in [5.74, 6) is 1.21. The van der Waals surface area contributed by atoms with Crippen LogP contribution in [0, 0.1) is 0 Å². The Balaban J connectivity index is 1.15. The zero-order valence-corrected chi connectivity index (χ0v) is 22.3. The molecular weight excluding hydrogens is 488 g/mol. The second kappa shape index (κ2) is 9.68. The summed E-state index contributed by atoms with van der Waals surface area (Å²) in [6, 6.07) is 18.0. The van der Waals surface area contributed by atoms with E-state index in [2.05, 4.69) is 43.7 Å². The number of H-pyrrole nitrogens is 1. The van der Waals surface area contributed by atoms with E-state index in [1.54, 1.807) is 0 Å². The second-order valence-corrected chi connectivity index (χ2v) is 11.2. The highest BCUT2D eigenvalue weighted by Gasteiger charge is 2.49. The molecule has 0 spiro atoms. The van der Waals surface area contributed by atoms with Crippen LogP contribution in [-0.4, -0.2) is 72.8 Å². The number of piperazine rings is 1. The van der Waals surface area contributed by atoms with E-state index in [0.29, 0.717) is 12.8 Å². The number of rotatable bonds is 5. The Morgan fingerprint density at radius 3 is 2.54 bits per heavy atom. The molecular formula is C31H34N6O2. The predicted molar refractivity (Wildman–Crippen MR) is 149 cm³/mol. The third kappa shape index (κ3) is 4.23. The molecule has 3 aliphatic rings. The number of nitrogens with one attached hydrogen (secondary N) is 1. The van der Waals surface area contributed by atoms with Gasteiger partial charge in [-0.15, -0.1) is 0 Å². The van der Waals surface area contributed by atoms with E-state index >= 15 is 0 Å². The van der Waals surface area contributed by atoms with E-state index in [1.807, 2.05) is 59.6 Å². The first-order chi connectivity index (χ1) is 19.1. The van der Waals surface area contributed by atoms with E-state index < -0.39 is 6.04 Å². The number of benzene rings is 2. The number of aromatic amines is 1. The van der Waals surface area contributed by atoms with Crippen molar-refractivity contribution in [2.75, 3.05) is 19.6 Å². The average molecular weight is 523 g/mol. The van der Waals surface area contributed by atoms with Crippen molar-refractivity contribution in [3.8, 4) is 0 Å². The Morgan fingerprint density at radius 2 is 1.77 bits per heavy atom. The molecule has 1 N–H and O–H groups in total. The van der Waals surface area contributed by atoms with Crippen LogP contribution in [0.3, 0.4) is 0 Å². The van der Waals surface area contributed by atoms with E-state index in [1.165, 1.54) is 5.56 Å². The van der Waals surface area contributed by atoms with Crippen LogP contribution in [0.1, 0.15) is 41.5 Å². The lowest BCUT2D eigenvalue weighted by Crippen LogP contribution is -2.65. The number of carbonyl (C=O) groups excluding carboxylic acids is 2. The highest BCUT2D eigenvalue weighted by molar-refractivity contribution is 5.97. The zero-order chi connectivity index (χ0) is 26.5. The quantitative estimate of drug-likeness (QED) is 0.436. The standard InChI is InChI=1S/C31H34N6O2/c1-34-16-13-32-28(34)19-35-14-11-22(12-15-35)36-20-29(38)37-26(17-21-7-3-2-4-8-21)30-24(18-27(37)31(36)39)23-9-5-6-10-25(23)33-30/h2-10,13,16,22,26-27,33H,11-12,14-15,17-20H2,1H3/t26-,27-/m1/s1. The minimum atomic E-state index is -0.461. The maximum Gasteiger partial charge on any atom is 0.246 e. The number of carbonyl (C=O) groups is 2. The van der Waals surface area contributed by atoms with Crippen molar-refractivity contribution in [2.24, 2.45) is 7.05 Å². The minimum absolute atomic E-state index is 0.0558. The summed E-state index contributed by atoms with van der Waals surface area (Å²) in [4.78, 5) is 42.3. The molecule has 0 unspecified atom stereocenters. The van der Waals surface area contributed by atoms with Crippen LogP contribution < -0.4 is 0 Å². The summed E-state index contributed by atoms with van der Waals surface area (Å²) < 4.78 is 2.06. The van der Waals surface area contributed by atoms with Gasteiger partial charge in [-0.25, -0.2) is 4.98 Å². The van der Waals surface area contributed by atoms with Gasteiger partial charge >= 0.3 is 0 Å². The van der Waals surface area contributed by atoms with Gasteiger partial charge in [-0.2, -0.15) is 0 Å². The van der Waals surface area contributed by atoms with E-state index in [9.17, 15) is 9.59 Å². The molecule has 0 saturated carbocycles. The number of likely N-dealkylation sites (tertiary alicyclic amines) is 1. The third-order valence-electron chi connectivity index (χ3n) is 8.97. The van der Waals surface area contributed by atoms with E-state index in [-0.39, 0.29) is 30.4 Å². The lowest BCUT2D eigenvalue weighted by molar-refractivity contribution is -0.162. The molecule has 8 heteroatoms. The fourth-order valence-electron chi connectivity index (χ4n) is 6.91. The van der Waals surface area contributed by atoms with Crippen molar-refractivity contribution in [1.29, 1.82) is 0 Å². The van der Waals surface area contributed by atoms with Gasteiger partial charge < -0.3 is 19.4 Å². The predicted octanol–water partition coefficient (Wildman–Crippen LogP) is 3.45. The molecule has 5 heterocycles. The number of imidazole rings is 1. The number of fused-ring (bicyclic) bond motifs is 4. The van der Waals surface area contributed by atoms with E-state index in [4.69, 9.17) is 0 Å². The highest BCUT2D eigenvalue weighted by Crippen LogP contribution is 2.41. The molecule has 3 aliphatic heterocycles. The summed E-state index contributed by atoms with van der Waals surface area (Å²) >= 11 is 0. The summed E-state index contributed by atoms with van der Waals surface area (Å²) in [5.41, 5.74) is 4.49. The number of nitrogens with zero attached hydrogens (tertiary/aromatic N) is 5. The first-order valence-corrected chi connectivity index (χ1v) is 14.0. The van der Waals surface area contributed by atoms with Gasteiger partial charge in [0.2, 0.25) is 11.8 Å². The molecule has 0 radical (unpaired) electrons. The first-order valence-electron chi connectivity index (χ1n) is 14.0. The number of para-hydroxylation sites is 1. The van der Waals surface area contributed by atoms with Gasteiger partial charge in [0.05, 0.1) is 12.6 Å². The normalized spacial score (nSPS) is 22.4. The third-order valence-corrected chi connectivity index (χ3v) is 8.97. The van der Waals surface area contributed by atoms with Gasteiger partial charge in [0, 0.05) is 61.6 Å². The molecule has 0 aliphatic carbocycles. The summed E-state index contributed by atoms with van der Waals surface area (Å²) in [6.45, 7) is 2.77. The lowest BCUT2D eigenvalue weighted by Gasteiger charge is -2.49. The zero-order valence-electron chi connectivity index (χ0n) is 22.3. The van der Waals surface area contributed by atoms with Gasteiger partial charge in [-0.3, -0.25) is 14.5 Å². The molecule has 4 aromatic rings. The van der Waals surface area contributed by atoms with Crippen molar-refractivity contribution >= 4 is 22.7 Å². The van der Waals surface area contributed by atoms with Crippen molar-refractivity contribution in [2.45, 2.75) is 50.4 Å². The molecule has 39 heavy (non-hydrogen) atoms. The van der Waals surface area contributed by atoms with Crippen LogP contribution in [0.2, 0.25) is 0 Å². The second-order valence-electron chi connectivity index (χ2n) is 11.2. The number of piperidine rings is 1. The lowest BCUT2D eigenvalue weighted by atomic mass is 9.86. The molecule has 2 saturated heterocycles. The van der Waals surface area contributed by atoms with Gasteiger partial charge in [0.15, 0.2) is 0 Å². The molecule has 2 atom stereocenters. The van der Waals surface area contributed by atoms with Gasteiger partial charge in [-0.05, 0) is 36.5 Å². The number of aromatic nitrogens is 3. The number of amides is 2. The topological polar surface area (TPSA) is 77.5 Å². The van der Waals surface area contributed by atoms with Crippen LogP contribution in [0.15, 0.2) is 67.0 Å². The average Bonchev–Trinajstić information content (AvgIpc) is 3.54. The van der Waals surface area contributed by atoms with Gasteiger partial charge in [-0.1, -0.05) is 48.5 Å². The van der Waals surface area contributed by atoms with Crippen LogP contribution in [-0.2, 0) is 36.0 Å². The Labute approximate surface area is 228 Å². The molecule has 2 aromatic heterocycles. The summed E-state index contributed by atoms with van der Waals surface area (Å²) in [5, 5.41) is 1.16. The maximum absolute atomic E-state index is 14.1. The molecule has 8 nitrogen and oxygen atoms in total. The van der Waals surface area contributed by atoms with Crippen molar-refractivity contribution in [3.63, 3.8) is 0 Å². The van der Waals surface area contributed by atoms with Crippen molar-refractivity contribution < 1.29 is 9.59 Å². The fourth-order valence-corrected chi connectivity index (χ4v) is 6.91. The number of aryl methyl sites for hydroxylation is 1.